The van der Waals surface area contributed by atoms with Gasteiger partial charge in [0, 0.05) is 24.2 Å². The highest BCUT2D eigenvalue weighted by atomic mass is 35.5. The van der Waals surface area contributed by atoms with E-state index in [-0.39, 0.29) is 6.04 Å². The van der Waals surface area contributed by atoms with Crippen LogP contribution in [0.5, 0.6) is 0 Å². The maximum Gasteiger partial charge on any atom is 0.0944 e. The lowest BCUT2D eigenvalue weighted by Gasteiger charge is -2.15. The molecule has 0 saturated heterocycles. The number of pyridine rings is 1. The number of rotatable bonds is 4. The van der Waals surface area contributed by atoms with Gasteiger partial charge >= 0.3 is 0 Å². The summed E-state index contributed by atoms with van der Waals surface area (Å²) in [5, 5.41) is 7.33. The van der Waals surface area contributed by atoms with Crippen LogP contribution in [0, 0.1) is 0 Å². The summed E-state index contributed by atoms with van der Waals surface area (Å²) in [5.41, 5.74) is 0.800. The largest absolute Gasteiger partial charge is 0.311 e. The molecule has 2 aromatic heterocycles. The molecule has 1 unspecified atom stereocenters. The molecule has 2 aromatic rings. The predicted octanol–water partition coefficient (Wildman–Crippen LogP) is 3.35. The van der Waals surface area contributed by atoms with Gasteiger partial charge in [0.25, 0.3) is 0 Å². The summed E-state index contributed by atoms with van der Waals surface area (Å²) < 4.78 is 0. The van der Waals surface area contributed by atoms with Gasteiger partial charge in [0.15, 0.2) is 0 Å². The zero-order valence-corrected chi connectivity index (χ0v) is 11.5. The van der Waals surface area contributed by atoms with Crippen molar-refractivity contribution in [1.82, 2.24) is 15.3 Å². The van der Waals surface area contributed by atoms with Gasteiger partial charge in [0.2, 0.25) is 0 Å². The summed E-state index contributed by atoms with van der Waals surface area (Å²) in [4.78, 5) is 8.54. The molecular formula is C11H11Cl2N3S. The second-order valence-corrected chi connectivity index (χ2v) is 5.31. The van der Waals surface area contributed by atoms with Crippen LogP contribution in [-0.4, -0.2) is 17.0 Å². The van der Waals surface area contributed by atoms with Crippen LogP contribution < -0.4 is 5.32 Å². The van der Waals surface area contributed by atoms with Gasteiger partial charge in [-0.1, -0.05) is 23.2 Å². The molecule has 0 aromatic carbocycles. The van der Waals surface area contributed by atoms with Gasteiger partial charge in [0.05, 0.1) is 26.8 Å². The van der Waals surface area contributed by atoms with Crippen LogP contribution in [-0.2, 0) is 6.42 Å². The Hall–Kier alpha value is -0.680. The average molecular weight is 288 g/mol. The van der Waals surface area contributed by atoms with E-state index in [1.54, 1.807) is 29.8 Å². The number of nitrogens with zero attached hydrogens (tertiary/aromatic N) is 2. The van der Waals surface area contributed by atoms with E-state index in [0.29, 0.717) is 10.0 Å². The fourth-order valence-corrected chi connectivity index (χ4v) is 2.72. The first-order valence-electron chi connectivity index (χ1n) is 5.07. The Balaban J connectivity index is 2.23. The zero-order valence-electron chi connectivity index (χ0n) is 9.15. The van der Waals surface area contributed by atoms with Gasteiger partial charge < -0.3 is 5.32 Å². The third kappa shape index (κ3) is 3.16. The maximum atomic E-state index is 6.14. The molecule has 0 aliphatic rings. The van der Waals surface area contributed by atoms with Crippen LogP contribution in [0.15, 0.2) is 23.8 Å². The van der Waals surface area contributed by atoms with Crippen molar-refractivity contribution in [2.45, 2.75) is 12.5 Å². The molecule has 6 heteroatoms. The Kier molecular flexibility index (Phi) is 4.34. The van der Waals surface area contributed by atoms with Crippen molar-refractivity contribution in [1.29, 1.82) is 0 Å². The summed E-state index contributed by atoms with van der Waals surface area (Å²) >= 11 is 13.6. The van der Waals surface area contributed by atoms with Crippen molar-refractivity contribution in [2.24, 2.45) is 0 Å². The molecule has 2 heterocycles. The van der Waals surface area contributed by atoms with Crippen molar-refractivity contribution >= 4 is 34.5 Å². The van der Waals surface area contributed by atoms with Gasteiger partial charge in [0.1, 0.15) is 0 Å². The lowest BCUT2D eigenvalue weighted by Crippen LogP contribution is -2.20. The van der Waals surface area contributed by atoms with E-state index in [0.717, 1.165) is 17.1 Å². The van der Waals surface area contributed by atoms with E-state index in [2.05, 4.69) is 15.3 Å². The zero-order chi connectivity index (χ0) is 12.3. The van der Waals surface area contributed by atoms with Gasteiger partial charge in [-0.05, 0) is 13.1 Å². The minimum absolute atomic E-state index is 0.0471. The number of hydrogen-bond acceptors (Lipinski definition) is 4. The Morgan fingerprint density at radius 2 is 2.24 bits per heavy atom. The van der Waals surface area contributed by atoms with Gasteiger partial charge in [-0.15, -0.1) is 11.3 Å². The third-order valence-electron chi connectivity index (χ3n) is 2.38. The first-order chi connectivity index (χ1) is 8.20. The molecule has 0 spiro atoms. The van der Waals surface area contributed by atoms with Crippen molar-refractivity contribution in [3.8, 4) is 0 Å². The molecule has 0 radical (unpaired) electrons. The Labute approximate surface area is 114 Å². The van der Waals surface area contributed by atoms with Crippen molar-refractivity contribution in [2.75, 3.05) is 7.05 Å². The number of nitrogens with one attached hydrogen (secondary N) is 1. The Bertz CT molecular complexity index is 487. The molecule has 0 aliphatic heterocycles. The maximum absolute atomic E-state index is 6.14. The first-order valence-corrected chi connectivity index (χ1v) is 6.71. The number of thiazole rings is 1. The Morgan fingerprint density at radius 1 is 1.41 bits per heavy atom. The molecular weight excluding hydrogens is 277 g/mol. The van der Waals surface area contributed by atoms with Crippen LogP contribution in [0.1, 0.15) is 16.7 Å². The van der Waals surface area contributed by atoms with Crippen LogP contribution in [0.2, 0.25) is 10.0 Å². The van der Waals surface area contributed by atoms with E-state index in [1.807, 2.05) is 12.4 Å². The second kappa shape index (κ2) is 5.78. The van der Waals surface area contributed by atoms with Crippen LogP contribution in [0.25, 0.3) is 0 Å². The molecule has 0 fully saturated rings. The standard InChI is InChI=1S/C11H11Cl2N3S/c1-14-9(5-10-15-2-3-17-10)11-8(13)4-7(12)6-16-11/h2-4,6,9,14H,5H2,1H3. The predicted molar refractivity (Wildman–Crippen MR) is 71.9 cm³/mol. The van der Waals surface area contributed by atoms with Gasteiger partial charge in [-0.25, -0.2) is 4.98 Å². The summed E-state index contributed by atoms with van der Waals surface area (Å²) in [7, 11) is 1.88. The molecule has 2 rings (SSSR count). The fraction of sp³-hybridized carbons (Fsp3) is 0.273. The molecule has 1 atom stereocenters. The van der Waals surface area contributed by atoms with E-state index in [4.69, 9.17) is 23.2 Å². The SMILES string of the molecule is CNC(Cc1nccs1)c1ncc(Cl)cc1Cl. The monoisotopic (exact) mass is 287 g/mol. The summed E-state index contributed by atoms with van der Waals surface area (Å²) in [6, 6.07) is 1.75. The highest BCUT2D eigenvalue weighted by Crippen LogP contribution is 2.26. The molecule has 3 nitrogen and oxygen atoms in total. The lowest BCUT2D eigenvalue weighted by atomic mass is 10.1. The summed E-state index contributed by atoms with van der Waals surface area (Å²) in [5.74, 6) is 0. The number of aromatic nitrogens is 2. The van der Waals surface area contributed by atoms with Crippen molar-refractivity contribution < 1.29 is 0 Å². The minimum Gasteiger partial charge on any atom is -0.311 e. The van der Waals surface area contributed by atoms with Crippen LogP contribution in [0.3, 0.4) is 0 Å². The average Bonchev–Trinajstić information content (AvgIpc) is 2.79. The lowest BCUT2D eigenvalue weighted by molar-refractivity contribution is 0.575. The summed E-state index contributed by atoms with van der Waals surface area (Å²) in [6.07, 6.45) is 4.17. The Morgan fingerprint density at radius 3 is 2.82 bits per heavy atom. The third-order valence-corrected chi connectivity index (χ3v) is 3.69. The van der Waals surface area contributed by atoms with Crippen molar-refractivity contribution in [3.63, 3.8) is 0 Å². The van der Waals surface area contributed by atoms with E-state index >= 15 is 0 Å². The van der Waals surface area contributed by atoms with E-state index < -0.39 is 0 Å². The topological polar surface area (TPSA) is 37.8 Å². The minimum atomic E-state index is 0.0471. The first kappa shape index (κ1) is 12.8. The van der Waals surface area contributed by atoms with E-state index in [9.17, 15) is 0 Å². The summed E-state index contributed by atoms with van der Waals surface area (Å²) in [6.45, 7) is 0. The molecule has 90 valence electrons. The van der Waals surface area contributed by atoms with Crippen LogP contribution >= 0.6 is 34.5 Å². The van der Waals surface area contributed by atoms with Crippen LogP contribution in [0.4, 0.5) is 0 Å². The number of likely N-dealkylation sites (N-methyl/N-ethyl adjacent to an activating group) is 1. The molecule has 0 amide bonds. The molecule has 0 aliphatic carbocycles. The molecule has 0 bridgehead atoms. The molecule has 1 N–H and O–H groups in total. The fourth-order valence-electron chi connectivity index (χ4n) is 1.55. The number of hydrogen-bond donors (Lipinski definition) is 1. The molecule has 0 saturated carbocycles. The van der Waals surface area contributed by atoms with Crippen molar-refractivity contribution in [3.05, 3.63) is 44.6 Å². The van der Waals surface area contributed by atoms with Gasteiger partial charge in [-0.2, -0.15) is 0 Å². The van der Waals surface area contributed by atoms with E-state index in [1.165, 1.54) is 0 Å². The normalized spacial score (nSPS) is 12.6. The highest BCUT2D eigenvalue weighted by Gasteiger charge is 2.16. The second-order valence-electron chi connectivity index (χ2n) is 3.49. The smallest absolute Gasteiger partial charge is 0.0944 e. The van der Waals surface area contributed by atoms with Gasteiger partial charge in [-0.3, -0.25) is 4.98 Å². The number of halogens is 2. The quantitative estimate of drug-likeness (QED) is 0.937. The highest BCUT2D eigenvalue weighted by molar-refractivity contribution is 7.09. The molecule has 17 heavy (non-hydrogen) atoms.